The van der Waals surface area contributed by atoms with Crippen LogP contribution < -0.4 is 5.32 Å². The van der Waals surface area contributed by atoms with Crippen LogP contribution in [0.4, 0.5) is 0 Å². The first-order chi connectivity index (χ1) is 10.1. The highest BCUT2D eigenvalue weighted by Crippen LogP contribution is 2.26. The van der Waals surface area contributed by atoms with Crippen molar-refractivity contribution in [2.75, 3.05) is 6.54 Å². The van der Waals surface area contributed by atoms with E-state index in [-0.39, 0.29) is 5.92 Å². The summed E-state index contributed by atoms with van der Waals surface area (Å²) in [6.45, 7) is 9.39. The van der Waals surface area contributed by atoms with Crippen LogP contribution in [0, 0.1) is 6.92 Å². The Bertz CT molecular complexity index is 597. The highest BCUT2D eigenvalue weighted by Gasteiger charge is 2.22. The predicted molar refractivity (Wildman–Crippen MR) is 88.3 cm³/mol. The number of nitrogens with zero attached hydrogens (tertiary/aromatic N) is 2. The molecule has 0 spiro atoms. The lowest BCUT2D eigenvalue weighted by atomic mass is 9.99. The Balaban J connectivity index is 2.24. The van der Waals surface area contributed by atoms with Gasteiger partial charge < -0.3 is 9.84 Å². The molecule has 4 nitrogen and oxygen atoms in total. The number of nitrogens with one attached hydrogen (secondary N) is 1. The predicted octanol–water partition coefficient (Wildman–Crippen LogP) is 4.30. The van der Waals surface area contributed by atoms with Gasteiger partial charge in [-0.3, -0.25) is 0 Å². The van der Waals surface area contributed by atoms with Gasteiger partial charge in [0.15, 0.2) is 0 Å². The van der Waals surface area contributed by atoms with E-state index in [0.29, 0.717) is 17.8 Å². The molecule has 2 unspecified atom stereocenters. The first-order valence-electron chi connectivity index (χ1n) is 7.40. The summed E-state index contributed by atoms with van der Waals surface area (Å²) in [5.74, 6) is 1.56. The summed E-state index contributed by atoms with van der Waals surface area (Å²) in [4.78, 5) is 4.59. The molecule has 0 fully saturated rings. The Morgan fingerprint density at radius 1 is 1.33 bits per heavy atom. The number of benzene rings is 1. The van der Waals surface area contributed by atoms with Crippen LogP contribution in [0.2, 0.25) is 0 Å². The summed E-state index contributed by atoms with van der Waals surface area (Å²) < 4.78 is 6.54. The van der Waals surface area contributed by atoms with Gasteiger partial charge in [0.25, 0.3) is 0 Å². The van der Waals surface area contributed by atoms with Crippen molar-refractivity contribution < 1.29 is 4.52 Å². The number of likely N-dealkylation sites (N-methyl/N-ethyl adjacent to an activating group) is 1. The van der Waals surface area contributed by atoms with E-state index in [1.165, 1.54) is 0 Å². The molecule has 0 aliphatic heterocycles. The number of hydrogen-bond acceptors (Lipinski definition) is 4. The Morgan fingerprint density at radius 2 is 2.10 bits per heavy atom. The normalized spacial score (nSPS) is 14.1. The summed E-state index contributed by atoms with van der Waals surface area (Å²) >= 11 is 3.47. The van der Waals surface area contributed by atoms with E-state index in [4.69, 9.17) is 4.52 Å². The van der Waals surface area contributed by atoms with Crippen LogP contribution in [0.25, 0.3) is 11.4 Å². The molecule has 0 amide bonds. The number of halogens is 1. The Hall–Kier alpha value is -1.20. The molecule has 2 aromatic rings. The van der Waals surface area contributed by atoms with E-state index in [9.17, 15) is 0 Å². The standard InChI is InChI=1S/C16H22BrN3O/c1-5-14(18-6-2)11(4)16-19-15(20-21-16)13-8-7-12(17)9-10(13)3/h7-9,11,14,18H,5-6H2,1-4H3. The third-order valence-electron chi connectivity index (χ3n) is 3.77. The van der Waals surface area contributed by atoms with Gasteiger partial charge >= 0.3 is 0 Å². The quantitative estimate of drug-likeness (QED) is 0.842. The third kappa shape index (κ3) is 3.71. The van der Waals surface area contributed by atoms with Gasteiger partial charge in [-0.25, -0.2) is 0 Å². The molecule has 0 bridgehead atoms. The van der Waals surface area contributed by atoms with Crippen LogP contribution >= 0.6 is 15.9 Å². The van der Waals surface area contributed by atoms with Gasteiger partial charge in [-0.1, -0.05) is 41.9 Å². The summed E-state index contributed by atoms with van der Waals surface area (Å²) in [6.07, 6.45) is 1.03. The first-order valence-corrected chi connectivity index (χ1v) is 8.19. The second kappa shape index (κ2) is 7.18. The van der Waals surface area contributed by atoms with Crippen molar-refractivity contribution in [3.63, 3.8) is 0 Å². The van der Waals surface area contributed by atoms with Gasteiger partial charge in [-0.15, -0.1) is 0 Å². The van der Waals surface area contributed by atoms with Gasteiger partial charge in [0.2, 0.25) is 11.7 Å². The molecule has 21 heavy (non-hydrogen) atoms. The molecule has 1 N–H and O–H groups in total. The van der Waals surface area contributed by atoms with Crippen LogP contribution in [0.15, 0.2) is 27.2 Å². The largest absolute Gasteiger partial charge is 0.339 e. The van der Waals surface area contributed by atoms with Crippen LogP contribution in [0.3, 0.4) is 0 Å². The lowest BCUT2D eigenvalue weighted by Gasteiger charge is -2.20. The fourth-order valence-electron chi connectivity index (χ4n) is 2.52. The van der Waals surface area contributed by atoms with Crippen molar-refractivity contribution in [1.82, 2.24) is 15.5 Å². The zero-order valence-corrected chi connectivity index (χ0v) is 14.6. The molecule has 0 aliphatic rings. The topological polar surface area (TPSA) is 51.0 Å². The molecular weight excluding hydrogens is 330 g/mol. The molecule has 2 rings (SSSR count). The fraction of sp³-hybridized carbons (Fsp3) is 0.500. The Kier molecular flexibility index (Phi) is 5.53. The van der Waals surface area contributed by atoms with E-state index in [2.05, 4.69) is 58.2 Å². The maximum atomic E-state index is 5.48. The molecule has 1 aromatic heterocycles. The van der Waals surface area contributed by atoms with Crippen molar-refractivity contribution in [3.05, 3.63) is 34.1 Å². The zero-order valence-electron chi connectivity index (χ0n) is 13.0. The minimum Gasteiger partial charge on any atom is -0.339 e. The average Bonchev–Trinajstić information content (AvgIpc) is 2.93. The summed E-state index contributed by atoms with van der Waals surface area (Å²) in [6, 6.07) is 6.42. The fourth-order valence-corrected chi connectivity index (χ4v) is 2.99. The molecule has 0 saturated carbocycles. The lowest BCUT2D eigenvalue weighted by Crippen LogP contribution is -2.33. The second-order valence-corrected chi connectivity index (χ2v) is 6.19. The zero-order chi connectivity index (χ0) is 15.4. The minimum absolute atomic E-state index is 0.201. The van der Waals surface area contributed by atoms with Gasteiger partial charge in [0.05, 0.1) is 5.92 Å². The average molecular weight is 352 g/mol. The van der Waals surface area contributed by atoms with Crippen molar-refractivity contribution in [1.29, 1.82) is 0 Å². The maximum absolute atomic E-state index is 5.48. The van der Waals surface area contributed by atoms with Crippen molar-refractivity contribution in [3.8, 4) is 11.4 Å². The minimum atomic E-state index is 0.201. The first kappa shape index (κ1) is 16.2. The summed E-state index contributed by atoms with van der Waals surface area (Å²) in [5.41, 5.74) is 2.14. The molecule has 2 atom stereocenters. The van der Waals surface area contributed by atoms with Crippen LogP contribution in [-0.2, 0) is 0 Å². The SMILES string of the molecule is CCNC(CC)C(C)c1nc(-c2ccc(Br)cc2C)no1. The highest BCUT2D eigenvalue weighted by molar-refractivity contribution is 9.10. The molecule has 0 saturated heterocycles. The molecule has 5 heteroatoms. The van der Waals surface area contributed by atoms with E-state index in [1.54, 1.807) is 0 Å². The molecule has 0 radical (unpaired) electrons. The number of hydrogen-bond donors (Lipinski definition) is 1. The Labute approximate surface area is 134 Å². The van der Waals surface area contributed by atoms with E-state index in [1.807, 2.05) is 19.1 Å². The van der Waals surface area contributed by atoms with Crippen LogP contribution in [0.5, 0.6) is 0 Å². The van der Waals surface area contributed by atoms with Gasteiger partial charge in [-0.2, -0.15) is 4.98 Å². The smallest absolute Gasteiger partial charge is 0.231 e. The summed E-state index contributed by atoms with van der Waals surface area (Å²) in [7, 11) is 0. The second-order valence-electron chi connectivity index (χ2n) is 5.28. The van der Waals surface area contributed by atoms with Crippen molar-refractivity contribution in [2.24, 2.45) is 0 Å². The molecule has 1 heterocycles. The number of aryl methyl sites for hydroxylation is 1. The maximum Gasteiger partial charge on any atom is 0.231 e. The van der Waals surface area contributed by atoms with Crippen molar-refractivity contribution >= 4 is 15.9 Å². The highest BCUT2D eigenvalue weighted by atomic mass is 79.9. The molecule has 1 aromatic carbocycles. The molecular formula is C16H22BrN3O. The van der Waals surface area contributed by atoms with E-state index >= 15 is 0 Å². The molecule has 0 aliphatic carbocycles. The van der Waals surface area contributed by atoms with E-state index < -0.39 is 0 Å². The van der Waals surface area contributed by atoms with Gasteiger partial charge in [-0.05, 0) is 43.7 Å². The van der Waals surface area contributed by atoms with Gasteiger partial charge in [0.1, 0.15) is 0 Å². The van der Waals surface area contributed by atoms with Crippen LogP contribution in [-0.4, -0.2) is 22.7 Å². The van der Waals surface area contributed by atoms with Crippen LogP contribution in [0.1, 0.15) is 44.6 Å². The van der Waals surface area contributed by atoms with E-state index in [0.717, 1.165) is 28.6 Å². The monoisotopic (exact) mass is 351 g/mol. The summed E-state index contributed by atoms with van der Waals surface area (Å²) in [5, 5.41) is 7.61. The number of aromatic nitrogens is 2. The van der Waals surface area contributed by atoms with Gasteiger partial charge in [0, 0.05) is 16.1 Å². The number of rotatable bonds is 6. The lowest BCUT2D eigenvalue weighted by molar-refractivity contribution is 0.321. The Morgan fingerprint density at radius 3 is 2.71 bits per heavy atom. The third-order valence-corrected chi connectivity index (χ3v) is 4.26. The molecule has 114 valence electrons. The van der Waals surface area contributed by atoms with Crippen molar-refractivity contribution in [2.45, 2.75) is 46.1 Å².